The van der Waals surface area contributed by atoms with E-state index in [4.69, 9.17) is 12.2 Å². The molecule has 0 atom stereocenters. The number of ketones is 1. The topological polar surface area (TPSA) is 63.5 Å². The molecule has 0 aliphatic carbocycles. The fourth-order valence-corrected chi connectivity index (χ4v) is 3.14. The Kier molecular flexibility index (Phi) is 5.08. The van der Waals surface area contributed by atoms with E-state index in [1.165, 1.54) is 30.0 Å². The smallest absolute Gasteiger partial charge is 0.270 e. The van der Waals surface area contributed by atoms with Crippen LogP contribution in [0, 0.1) is 10.1 Å². The zero-order chi connectivity index (χ0) is 14.5. The Morgan fingerprint density at radius 3 is 2.75 bits per heavy atom. The molecule has 1 heterocycles. The summed E-state index contributed by atoms with van der Waals surface area (Å²) in [7, 11) is 0. The van der Waals surface area contributed by atoms with E-state index in [1.807, 2.05) is 0 Å². The van der Waals surface area contributed by atoms with Gasteiger partial charge in [-0.3, -0.25) is 14.9 Å². The minimum atomic E-state index is -0.501. The van der Waals surface area contributed by atoms with Gasteiger partial charge in [0.25, 0.3) is 5.69 Å². The molecule has 0 N–H and O–H groups in total. The molecule has 1 aliphatic rings. The summed E-state index contributed by atoms with van der Waals surface area (Å²) in [5, 5.41) is 10.7. The monoisotopic (exact) mass is 310 g/mol. The van der Waals surface area contributed by atoms with E-state index < -0.39 is 4.92 Å². The van der Waals surface area contributed by atoms with Gasteiger partial charge < -0.3 is 4.90 Å². The summed E-state index contributed by atoms with van der Waals surface area (Å²) in [5.41, 5.74) is 0.291. The van der Waals surface area contributed by atoms with Crippen LogP contribution in [0.15, 0.2) is 24.3 Å². The molecule has 1 aliphatic heterocycles. The van der Waals surface area contributed by atoms with Crippen molar-refractivity contribution in [3.8, 4) is 0 Å². The highest BCUT2D eigenvalue weighted by molar-refractivity contribution is 8.23. The number of benzene rings is 1. The number of nitro benzene ring substituents is 1. The molecule has 7 heteroatoms. The van der Waals surface area contributed by atoms with Crippen molar-refractivity contribution in [2.24, 2.45) is 0 Å². The number of rotatable bonds is 4. The van der Waals surface area contributed by atoms with Crippen LogP contribution in [0.2, 0.25) is 0 Å². The largest absolute Gasteiger partial charge is 0.358 e. The van der Waals surface area contributed by atoms with Crippen molar-refractivity contribution < 1.29 is 9.72 Å². The zero-order valence-electron chi connectivity index (χ0n) is 10.8. The van der Waals surface area contributed by atoms with E-state index in [1.54, 1.807) is 6.07 Å². The summed E-state index contributed by atoms with van der Waals surface area (Å²) in [6, 6.07) is 5.80. The number of thiocarbonyl (C=S) groups is 1. The summed E-state index contributed by atoms with van der Waals surface area (Å²) >= 11 is 6.61. The van der Waals surface area contributed by atoms with Crippen LogP contribution < -0.4 is 0 Å². The van der Waals surface area contributed by atoms with Gasteiger partial charge in [0.2, 0.25) is 0 Å². The van der Waals surface area contributed by atoms with Crippen LogP contribution in [-0.4, -0.2) is 38.8 Å². The lowest BCUT2D eigenvalue weighted by atomic mass is 10.1. The molecule has 1 aromatic carbocycles. The number of nitro groups is 1. The van der Waals surface area contributed by atoms with Crippen LogP contribution in [0.3, 0.4) is 0 Å². The second-order valence-corrected chi connectivity index (χ2v) is 6.09. The lowest BCUT2D eigenvalue weighted by molar-refractivity contribution is -0.384. The fraction of sp³-hybridized carbons (Fsp3) is 0.385. The Balaban J connectivity index is 1.92. The van der Waals surface area contributed by atoms with Crippen molar-refractivity contribution in [3.63, 3.8) is 0 Å². The van der Waals surface area contributed by atoms with Gasteiger partial charge in [0.05, 0.1) is 10.7 Å². The second kappa shape index (κ2) is 6.81. The van der Waals surface area contributed by atoms with E-state index in [2.05, 4.69) is 4.90 Å². The van der Waals surface area contributed by atoms with Gasteiger partial charge in [-0.1, -0.05) is 36.1 Å². The van der Waals surface area contributed by atoms with Gasteiger partial charge in [-0.15, -0.1) is 0 Å². The number of carbonyl (C=O) groups excluding carboxylic acids is 1. The first-order valence-corrected chi connectivity index (χ1v) is 7.66. The van der Waals surface area contributed by atoms with Crippen LogP contribution in [-0.2, 0) is 0 Å². The fourth-order valence-electron chi connectivity index (χ4n) is 1.99. The molecule has 0 aromatic heterocycles. The van der Waals surface area contributed by atoms with Crippen molar-refractivity contribution in [1.29, 1.82) is 0 Å². The quantitative estimate of drug-likeness (QED) is 0.369. The van der Waals surface area contributed by atoms with Crippen molar-refractivity contribution in [1.82, 2.24) is 4.90 Å². The number of hydrogen-bond donors (Lipinski definition) is 0. The molecule has 0 unspecified atom stereocenters. The zero-order valence-corrected chi connectivity index (χ0v) is 12.4. The minimum absolute atomic E-state index is 0.0667. The number of nitrogens with zero attached hydrogens (tertiary/aromatic N) is 2. The predicted octanol–water partition coefficient (Wildman–Crippen LogP) is 2.89. The van der Waals surface area contributed by atoms with Crippen LogP contribution in [0.1, 0.15) is 23.2 Å². The third kappa shape index (κ3) is 3.77. The Bertz CT molecular complexity index is 542. The maximum absolute atomic E-state index is 12.0. The maximum atomic E-state index is 12.0. The number of Topliss-reactive ketones (excluding diaryl/α,β-unsaturated/α-hetero) is 1. The third-order valence-corrected chi connectivity index (χ3v) is 4.59. The van der Waals surface area contributed by atoms with Crippen molar-refractivity contribution in [2.75, 3.05) is 18.8 Å². The molecule has 0 amide bonds. The Morgan fingerprint density at radius 1 is 1.40 bits per heavy atom. The maximum Gasteiger partial charge on any atom is 0.270 e. The van der Waals surface area contributed by atoms with E-state index >= 15 is 0 Å². The average Bonchev–Trinajstić information content (AvgIpc) is 2.98. The van der Waals surface area contributed by atoms with Crippen molar-refractivity contribution in [3.05, 3.63) is 39.9 Å². The summed E-state index contributed by atoms with van der Waals surface area (Å²) in [6.07, 6.45) is 2.28. The van der Waals surface area contributed by atoms with Gasteiger partial charge in [0.15, 0.2) is 5.78 Å². The van der Waals surface area contributed by atoms with Gasteiger partial charge in [-0.2, -0.15) is 0 Å². The number of thioether (sulfide) groups is 1. The number of non-ortho nitro benzene ring substituents is 1. The summed E-state index contributed by atoms with van der Waals surface area (Å²) < 4.78 is 0.737. The van der Waals surface area contributed by atoms with Crippen molar-refractivity contribution in [2.45, 2.75) is 12.8 Å². The molecule has 0 radical (unpaired) electrons. The van der Waals surface area contributed by atoms with E-state index in [-0.39, 0.29) is 17.2 Å². The molecule has 5 nitrogen and oxygen atoms in total. The molecule has 106 valence electrons. The number of likely N-dealkylation sites (tertiary alicyclic amines) is 1. The van der Waals surface area contributed by atoms with E-state index in [9.17, 15) is 14.9 Å². The lowest BCUT2D eigenvalue weighted by Crippen LogP contribution is -2.24. The van der Waals surface area contributed by atoms with E-state index in [0.717, 1.165) is 30.3 Å². The summed E-state index contributed by atoms with van der Waals surface area (Å²) in [6.45, 7) is 1.91. The molecule has 1 aromatic rings. The standard InChI is InChI=1S/C13H14N2O3S2/c16-12(9-20-13(19)14-6-1-2-7-14)10-4-3-5-11(8-10)15(17)18/h3-5,8H,1-2,6-7,9H2. The molecular weight excluding hydrogens is 296 g/mol. The predicted molar refractivity (Wildman–Crippen MR) is 83.3 cm³/mol. The highest BCUT2D eigenvalue weighted by Crippen LogP contribution is 2.19. The molecule has 2 rings (SSSR count). The molecule has 0 saturated carbocycles. The van der Waals surface area contributed by atoms with Crippen molar-refractivity contribution >= 4 is 39.8 Å². The van der Waals surface area contributed by atoms with Crippen LogP contribution >= 0.6 is 24.0 Å². The Hall–Kier alpha value is -1.47. The van der Waals surface area contributed by atoms with Gasteiger partial charge in [0.1, 0.15) is 4.32 Å². The molecule has 20 heavy (non-hydrogen) atoms. The number of carbonyl (C=O) groups is 1. The van der Waals surface area contributed by atoms with Crippen LogP contribution in [0.5, 0.6) is 0 Å². The molecule has 1 fully saturated rings. The molecular formula is C13H14N2O3S2. The molecule has 0 bridgehead atoms. The SMILES string of the molecule is O=C(CSC(=S)N1CCCC1)c1cccc([N+](=O)[O-])c1. The second-order valence-electron chi connectivity index (χ2n) is 4.48. The van der Waals surface area contributed by atoms with E-state index in [0.29, 0.717) is 5.56 Å². The average molecular weight is 310 g/mol. The molecule has 1 saturated heterocycles. The first-order chi connectivity index (χ1) is 9.58. The molecule has 0 spiro atoms. The highest BCUT2D eigenvalue weighted by atomic mass is 32.2. The summed E-state index contributed by atoms with van der Waals surface area (Å²) in [5.74, 6) is 0.0801. The minimum Gasteiger partial charge on any atom is -0.358 e. The van der Waals surface area contributed by atoms with Crippen LogP contribution in [0.25, 0.3) is 0 Å². The summed E-state index contributed by atoms with van der Waals surface area (Å²) in [4.78, 5) is 24.3. The van der Waals surface area contributed by atoms with Gasteiger partial charge in [0, 0.05) is 30.8 Å². The normalized spacial score (nSPS) is 14.3. The first-order valence-electron chi connectivity index (χ1n) is 6.27. The number of hydrogen-bond acceptors (Lipinski definition) is 5. The van der Waals surface area contributed by atoms with Gasteiger partial charge in [-0.05, 0) is 12.8 Å². The lowest BCUT2D eigenvalue weighted by Gasteiger charge is -2.17. The van der Waals surface area contributed by atoms with Crippen LogP contribution in [0.4, 0.5) is 5.69 Å². The highest BCUT2D eigenvalue weighted by Gasteiger charge is 2.17. The van der Waals surface area contributed by atoms with Gasteiger partial charge in [-0.25, -0.2) is 0 Å². The third-order valence-electron chi connectivity index (χ3n) is 3.07. The van der Waals surface area contributed by atoms with Gasteiger partial charge >= 0.3 is 0 Å². The Labute approximate surface area is 126 Å². The Morgan fingerprint density at radius 2 is 2.10 bits per heavy atom. The first kappa shape index (κ1) is 14.9.